The summed E-state index contributed by atoms with van der Waals surface area (Å²) in [6.45, 7) is 6.83. The van der Waals surface area contributed by atoms with Gasteiger partial charge in [0, 0.05) is 23.4 Å². The van der Waals surface area contributed by atoms with Crippen molar-refractivity contribution >= 4 is 17.9 Å². The Morgan fingerprint density at radius 2 is 1.76 bits per heavy atom. The van der Waals surface area contributed by atoms with Gasteiger partial charge in [0.05, 0.1) is 0 Å². The van der Waals surface area contributed by atoms with E-state index < -0.39 is 5.60 Å². The quantitative estimate of drug-likeness (QED) is 0.817. The molecule has 0 atom stereocenters. The number of hydrogen-bond acceptors (Lipinski definition) is 4. The average Bonchev–Trinajstić information content (AvgIpc) is 3.16. The van der Waals surface area contributed by atoms with Gasteiger partial charge >= 0.3 is 6.09 Å². The van der Waals surface area contributed by atoms with Crippen molar-refractivity contribution in [2.45, 2.75) is 81.7 Å². The van der Waals surface area contributed by atoms with E-state index in [0.29, 0.717) is 10.8 Å². The lowest BCUT2D eigenvalue weighted by atomic mass is 9.91. The molecule has 2 N–H and O–H groups in total. The van der Waals surface area contributed by atoms with Crippen LogP contribution in [0.1, 0.15) is 59.3 Å². The number of carbonyl (C=O) groups is 1. The Morgan fingerprint density at radius 3 is 2.24 bits per heavy atom. The molecule has 0 saturated heterocycles. The number of ether oxygens (including phenoxy) is 1. The van der Waals surface area contributed by atoms with Gasteiger partial charge in [-0.05, 0) is 65.6 Å². The van der Waals surface area contributed by atoms with E-state index in [2.05, 4.69) is 16.9 Å². The molecule has 0 aliphatic heterocycles. The summed E-state index contributed by atoms with van der Waals surface area (Å²) in [7, 11) is 0. The lowest BCUT2D eigenvalue weighted by molar-refractivity contribution is 0.0490. The molecule has 5 heteroatoms. The van der Waals surface area contributed by atoms with Crippen LogP contribution in [0.15, 0.2) is 0 Å². The molecule has 122 valence electrons. The molecule has 0 radical (unpaired) electrons. The Bertz CT molecular complexity index is 356. The van der Waals surface area contributed by atoms with E-state index in [9.17, 15) is 4.79 Å². The van der Waals surface area contributed by atoms with Crippen molar-refractivity contribution in [1.29, 1.82) is 0 Å². The second kappa shape index (κ2) is 6.78. The number of carbonyl (C=O) groups excluding carboxylic acids is 1. The van der Waals surface area contributed by atoms with E-state index in [1.54, 1.807) is 0 Å². The third-order valence-corrected chi connectivity index (χ3v) is 5.82. The highest BCUT2D eigenvalue weighted by atomic mass is 32.2. The summed E-state index contributed by atoms with van der Waals surface area (Å²) < 4.78 is 5.85. The predicted octanol–water partition coefficient (Wildman–Crippen LogP) is 3.31. The van der Waals surface area contributed by atoms with Crippen molar-refractivity contribution in [1.82, 2.24) is 10.6 Å². The van der Waals surface area contributed by atoms with Crippen molar-refractivity contribution in [3.8, 4) is 0 Å². The van der Waals surface area contributed by atoms with Crippen LogP contribution < -0.4 is 10.6 Å². The molecule has 2 rings (SSSR count). The first-order chi connectivity index (χ1) is 9.82. The monoisotopic (exact) mass is 314 g/mol. The van der Waals surface area contributed by atoms with Gasteiger partial charge in [-0.3, -0.25) is 0 Å². The Balaban J connectivity index is 1.63. The fourth-order valence-corrected chi connectivity index (χ4v) is 3.58. The Morgan fingerprint density at radius 1 is 1.19 bits per heavy atom. The molecule has 1 amide bonds. The molecule has 21 heavy (non-hydrogen) atoms. The summed E-state index contributed by atoms with van der Waals surface area (Å²) in [5.41, 5.74) is -0.417. The van der Waals surface area contributed by atoms with Crippen molar-refractivity contribution in [2.24, 2.45) is 0 Å². The number of thioether (sulfide) groups is 1. The summed E-state index contributed by atoms with van der Waals surface area (Å²) >= 11 is 2.00. The van der Waals surface area contributed by atoms with Crippen LogP contribution in [-0.2, 0) is 4.74 Å². The second-order valence-electron chi connectivity index (χ2n) is 7.46. The van der Waals surface area contributed by atoms with Gasteiger partial charge in [-0.1, -0.05) is 0 Å². The minimum Gasteiger partial charge on any atom is -0.444 e. The maximum Gasteiger partial charge on any atom is 0.407 e. The van der Waals surface area contributed by atoms with Crippen LogP contribution in [0, 0.1) is 0 Å². The summed E-state index contributed by atoms with van der Waals surface area (Å²) in [5, 5.41) is 6.72. The first-order valence-electron chi connectivity index (χ1n) is 8.10. The SMILES string of the molecule is CSC1(CNC2CCC(NC(=O)OC(C)(C)C)CC2)CC1. The van der Waals surface area contributed by atoms with E-state index in [1.807, 2.05) is 32.5 Å². The van der Waals surface area contributed by atoms with Crippen LogP contribution in [-0.4, -0.2) is 41.3 Å². The zero-order valence-electron chi connectivity index (χ0n) is 13.8. The van der Waals surface area contributed by atoms with Gasteiger partial charge in [0.15, 0.2) is 0 Å². The molecule has 2 aliphatic rings. The average molecular weight is 314 g/mol. The summed E-state index contributed by atoms with van der Waals surface area (Å²) in [6.07, 6.45) is 9.03. The van der Waals surface area contributed by atoms with Crippen molar-refractivity contribution in [3.63, 3.8) is 0 Å². The molecule has 0 spiro atoms. The van der Waals surface area contributed by atoms with Gasteiger partial charge < -0.3 is 15.4 Å². The maximum absolute atomic E-state index is 11.8. The van der Waals surface area contributed by atoms with Gasteiger partial charge in [0.1, 0.15) is 5.60 Å². The molecule has 4 nitrogen and oxygen atoms in total. The number of rotatable bonds is 5. The standard InChI is InChI=1S/C16H30N2O2S/c1-15(2,3)20-14(19)18-13-7-5-12(6-8-13)17-11-16(21-4)9-10-16/h12-13,17H,5-11H2,1-4H3,(H,18,19). The lowest BCUT2D eigenvalue weighted by Gasteiger charge is -2.31. The first-order valence-corrected chi connectivity index (χ1v) is 9.32. The molecule has 2 aliphatic carbocycles. The summed E-state index contributed by atoms with van der Waals surface area (Å²) in [6, 6.07) is 0.889. The van der Waals surface area contributed by atoms with E-state index in [1.165, 1.54) is 12.8 Å². The second-order valence-corrected chi connectivity index (χ2v) is 8.74. The first kappa shape index (κ1) is 16.9. The highest BCUT2D eigenvalue weighted by Gasteiger charge is 2.41. The van der Waals surface area contributed by atoms with Gasteiger partial charge in [0.2, 0.25) is 0 Å². The molecule has 0 aromatic carbocycles. The van der Waals surface area contributed by atoms with Gasteiger partial charge in [0.25, 0.3) is 0 Å². The normalized spacial score (nSPS) is 28.0. The van der Waals surface area contributed by atoms with E-state index >= 15 is 0 Å². The van der Waals surface area contributed by atoms with Crippen LogP contribution in [0.4, 0.5) is 4.79 Å². The fourth-order valence-electron chi connectivity index (χ4n) is 2.84. The van der Waals surface area contributed by atoms with Gasteiger partial charge in [-0.2, -0.15) is 11.8 Å². The molecule has 0 unspecified atom stereocenters. The number of hydrogen-bond donors (Lipinski definition) is 2. The fraction of sp³-hybridized carbons (Fsp3) is 0.938. The molecular formula is C16H30N2O2S. The van der Waals surface area contributed by atoms with Crippen LogP contribution in [0.5, 0.6) is 0 Å². The van der Waals surface area contributed by atoms with Crippen LogP contribution in [0.2, 0.25) is 0 Å². The minimum absolute atomic E-state index is 0.272. The molecule has 0 bridgehead atoms. The van der Waals surface area contributed by atoms with Crippen molar-refractivity contribution < 1.29 is 9.53 Å². The third kappa shape index (κ3) is 5.70. The van der Waals surface area contributed by atoms with E-state index in [0.717, 1.165) is 32.2 Å². The molecular weight excluding hydrogens is 284 g/mol. The zero-order chi connectivity index (χ0) is 15.5. The molecule has 0 aromatic heterocycles. The van der Waals surface area contributed by atoms with Crippen LogP contribution in [0.3, 0.4) is 0 Å². The van der Waals surface area contributed by atoms with Gasteiger partial charge in [-0.15, -0.1) is 0 Å². The largest absolute Gasteiger partial charge is 0.444 e. The van der Waals surface area contributed by atoms with Crippen LogP contribution >= 0.6 is 11.8 Å². The highest BCUT2D eigenvalue weighted by molar-refractivity contribution is 8.00. The third-order valence-electron chi connectivity index (χ3n) is 4.40. The molecule has 2 saturated carbocycles. The Kier molecular flexibility index (Phi) is 5.47. The zero-order valence-corrected chi connectivity index (χ0v) is 14.6. The molecule has 0 aromatic rings. The predicted molar refractivity (Wildman–Crippen MR) is 88.9 cm³/mol. The van der Waals surface area contributed by atoms with Crippen molar-refractivity contribution in [3.05, 3.63) is 0 Å². The van der Waals surface area contributed by atoms with Crippen LogP contribution in [0.25, 0.3) is 0 Å². The smallest absolute Gasteiger partial charge is 0.407 e. The lowest BCUT2D eigenvalue weighted by Crippen LogP contribution is -2.45. The van der Waals surface area contributed by atoms with Crippen molar-refractivity contribution in [2.75, 3.05) is 12.8 Å². The number of alkyl carbamates (subject to hydrolysis) is 1. The Hall–Kier alpha value is -0.420. The summed E-state index contributed by atoms with van der Waals surface area (Å²) in [5.74, 6) is 0. The molecule has 0 heterocycles. The summed E-state index contributed by atoms with van der Waals surface area (Å²) in [4.78, 5) is 11.8. The van der Waals surface area contributed by atoms with Gasteiger partial charge in [-0.25, -0.2) is 4.79 Å². The highest BCUT2D eigenvalue weighted by Crippen LogP contribution is 2.46. The number of amides is 1. The van der Waals surface area contributed by atoms with E-state index in [-0.39, 0.29) is 12.1 Å². The topological polar surface area (TPSA) is 50.4 Å². The number of nitrogens with one attached hydrogen (secondary N) is 2. The van der Waals surface area contributed by atoms with E-state index in [4.69, 9.17) is 4.74 Å². The maximum atomic E-state index is 11.8. The minimum atomic E-state index is -0.417. The molecule has 2 fully saturated rings. The Labute approximate surface area is 133 Å².